The summed E-state index contributed by atoms with van der Waals surface area (Å²) in [4.78, 5) is 0. The van der Waals surface area contributed by atoms with Crippen molar-refractivity contribution in [1.29, 1.82) is 0 Å². The van der Waals surface area contributed by atoms with Crippen LogP contribution in [0.3, 0.4) is 0 Å². The summed E-state index contributed by atoms with van der Waals surface area (Å²) >= 11 is 0. The van der Waals surface area contributed by atoms with Crippen molar-refractivity contribution in [2.75, 3.05) is 13.7 Å². The fourth-order valence-corrected chi connectivity index (χ4v) is 2.11. The maximum absolute atomic E-state index is 5.92. The summed E-state index contributed by atoms with van der Waals surface area (Å²) in [5, 5.41) is 4.31. The molecule has 0 aliphatic heterocycles. The fraction of sp³-hybridized carbons (Fsp3) is 0.400. The van der Waals surface area contributed by atoms with E-state index < -0.39 is 0 Å². The van der Waals surface area contributed by atoms with Crippen molar-refractivity contribution in [2.24, 2.45) is 12.8 Å². The van der Waals surface area contributed by atoms with E-state index in [-0.39, 0.29) is 0 Å². The summed E-state index contributed by atoms with van der Waals surface area (Å²) in [5.41, 5.74) is 8.74. The van der Waals surface area contributed by atoms with Gasteiger partial charge in [0.15, 0.2) is 0 Å². The summed E-state index contributed by atoms with van der Waals surface area (Å²) < 4.78 is 13.0. The monoisotopic (exact) mass is 275 g/mol. The lowest BCUT2D eigenvalue weighted by atomic mass is 10.1. The first-order chi connectivity index (χ1) is 9.63. The molecule has 0 saturated heterocycles. The van der Waals surface area contributed by atoms with Gasteiger partial charge >= 0.3 is 0 Å². The van der Waals surface area contributed by atoms with Crippen LogP contribution in [0, 0.1) is 6.92 Å². The topological polar surface area (TPSA) is 62.3 Å². The highest BCUT2D eigenvalue weighted by molar-refractivity contribution is 5.41. The lowest BCUT2D eigenvalue weighted by molar-refractivity contribution is 0.289. The lowest BCUT2D eigenvalue weighted by Crippen LogP contribution is -2.07. The molecule has 2 aromatic rings. The predicted octanol–water partition coefficient (Wildman–Crippen LogP) is 1.82. The molecule has 0 saturated carbocycles. The minimum absolute atomic E-state index is 0.474. The van der Waals surface area contributed by atoms with Gasteiger partial charge < -0.3 is 15.2 Å². The smallest absolute Gasteiger partial charge is 0.130 e. The summed E-state index contributed by atoms with van der Waals surface area (Å²) in [6.45, 7) is 3.03. The van der Waals surface area contributed by atoms with Crippen LogP contribution in [0.5, 0.6) is 11.5 Å². The van der Waals surface area contributed by atoms with Crippen LogP contribution >= 0.6 is 0 Å². The van der Waals surface area contributed by atoms with Crippen LogP contribution in [0.2, 0.25) is 0 Å². The van der Waals surface area contributed by atoms with Crippen LogP contribution in [-0.2, 0) is 20.1 Å². The summed E-state index contributed by atoms with van der Waals surface area (Å²) in [5.74, 6) is 1.59. The third-order valence-electron chi connectivity index (χ3n) is 3.16. The summed E-state index contributed by atoms with van der Waals surface area (Å²) in [6.07, 6.45) is 0.781. The Morgan fingerprint density at radius 1 is 1.30 bits per heavy atom. The first kappa shape index (κ1) is 14.4. The lowest BCUT2D eigenvalue weighted by Gasteiger charge is -2.12. The van der Waals surface area contributed by atoms with Gasteiger partial charge in [-0.1, -0.05) is 6.07 Å². The maximum Gasteiger partial charge on any atom is 0.130 e. The standard InChI is InChI=1S/C15H21N3O2/c1-11-8-13(18(2)17-11)10-20-15-9-14(19-3)5-4-12(15)6-7-16/h4-5,8-9H,6-7,10,16H2,1-3H3. The summed E-state index contributed by atoms with van der Waals surface area (Å²) in [6, 6.07) is 7.83. The molecule has 5 heteroatoms. The van der Waals surface area contributed by atoms with Gasteiger partial charge in [-0.2, -0.15) is 5.10 Å². The number of nitrogens with two attached hydrogens (primary N) is 1. The van der Waals surface area contributed by atoms with E-state index in [0.717, 1.165) is 34.9 Å². The molecule has 2 rings (SSSR count). The van der Waals surface area contributed by atoms with Crippen LogP contribution in [0.1, 0.15) is 17.0 Å². The molecule has 0 spiro atoms. The molecule has 0 fully saturated rings. The number of hydrogen-bond donors (Lipinski definition) is 1. The fourth-order valence-electron chi connectivity index (χ4n) is 2.11. The highest BCUT2D eigenvalue weighted by Crippen LogP contribution is 2.26. The quantitative estimate of drug-likeness (QED) is 0.873. The number of nitrogens with zero attached hydrogens (tertiary/aromatic N) is 2. The SMILES string of the molecule is COc1ccc(CCN)c(OCc2cc(C)nn2C)c1. The van der Waals surface area contributed by atoms with Crippen molar-refractivity contribution in [1.82, 2.24) is 9.78 Å². The molecule has 1 heterocycles. The predicted molar refractivity (Wildman–Crippen MR) is 78.0 cm³/mol. The second-order valence-electron chi connectivity index (χ2n) is 4.70. The Kier molecular flexibility index (Phi) is 4.63. The Balaban J connectivity index is 2.16. The number of aryl methyl sites for hydroxylation is 2. The van der Waals surface area contributed by atoms with Gasteiger partial charge in [0.25, 0.3) is 0 Å². The summed E-state index contributed by atoms with van der Waals surface area (Å²) in [7, 11) is 3.56. The zero-order valence-electron chi connectivity index (χ0n) is 12.2. The Morgan fingerprint density at radius 2 is 2.10 bits per heavy atom. The van der Waals surface area contributed by atoms with Crippen molar-refractivity contribution in [3.63, 3.8) is 0 Å². The first-order valence-electron chi connectivity index (χ1n) is 6.63. The normalized spacial score (nSPS) is 10.6. The third kappa shape index (κ3) is 3.30. The number of benzene rings is 1. The van der Waals surface area contributed by atoms with Crippen LogP contribution in [0.4, 0.5) is 0 Å². The van der Waals surface area contributed by atoms with Crippen LogP contribution in [-0.4, -0.2) is 23.4 Å². The highest BCUT2D eigenvalue weighted by atomic mass is 16.5. The van der Waals surface area contributed by atoms with E-state index in [2.05, 4.69) is 5.10 Å². The largest absolute Gasteiger partial charge is 0.497 e. The molecule has 0 atom stereocenters. The van der Waals surface area contributed by atoms with Crippen LogP contribution in [0.25, 0.3) is 0 Å². The van der Waals surface area contributed by atoms with E-state index in [1.54, 1.807) is 7.11 Å². The van der Waals surface area contributed by atoms with Gasteiger partial charge in [-0.3, -0.25) is 4.68 Å². The molecular formula is C15H21N3O2. The van der Waals surface area contributed by atoms with Crippen molar-refractivity contribution in [2.45, 2.75) is 20.0 Å². The third-order valence-corrected chi connectivity index (χ3v) is 3.16. The first-order valence-corrected chi connectivity index (χ1v) is 6.63. The van der Waals surface area contributed by atoms with Gasteiger partial charge in [0.1, 0.15) is 18.1 Å². The van der Waals surface area contributed by atoms with Crippen molar-refractivity contribution < 1.29 is 9.47 Å². The zero-order chi connectivity index (χ0) is 14.5. The molecular weight excluding hydrogens is 254 g/mol. The Hall–Kier alpha value is -2.01. The Morgan fingerprint density at radius 3 is 2.70 bits per heavy atom. The highest BCUT2D eigenvalue weighted by Gasteiger charge is 2.08. The minimum atomic E-state index is 0.474. The van der Waals surface area contributed by atoms with Crippen molar-refractivity contribution in [3.05, 3.63) is 41.2 Å². The molecule has 5 nitrogen and oxygen atoms in total. The zero-order valence-corrected chi connectivity index (χ0v) is 12.2. The van der Waals surface area contributed by atoms with Gasteiger partial charge in [-0.25, -0.2) is 0 Å². The van der Waals surface area contributed by atoms with Gasteiger partial charge in [0.2, 0.25) is 0 Å². The molecule has 2 N–H and O–H groups in total. The van der Waals surface area contributed by atoms with Gasteiger partial charge in [-0.15, -0.1) is 0 Å². The number of rotatable bonds is 6. The van der Waals surface area contributed by atoms with Crippen LogP contribution in [0.15, 0.2) is 24.3 Å². The molecule has 0 bridgehead atoms. The molecule has 108 valence electrons. The average Bonchev–Trinajstić information content (AvgIpc) is 2.76. The Bertz CT molecular complexity index is 578. The minimum Gasteiger partial charge on any atom is -0.497 e. The van der Waals surface area contributed by atoms with Crippen molar-refractivity contribution in [3.8, 4) is 11.5 Å². The maximum atomic E-state index is 5.92. The average molecular weight is 275 g/mol. The van der Waals surface area contributed by atoms with E-state index in [9.17, 15) is 0 Å². The van der Waals surface area contributed by atoms with E-state index >= 15 is 0 Å². The molecule has 1 aromatic carbocycles. The molecule has 0 unspecified atom stereocenters. The second kappa shape index (κ2) is 6.43. The number of ether oxygens (including phenoxy) is 2. The van der Waals surface area contributed by atoms with Gasteiger partial charge in [0.05, 0.1) is 18.5 Å². The van der Waals surface area contributed by atoms with Gasteiger partial charge in [-0.05, 0) is 37.6 Å². The number of methoxy groups -OCH3 is 1. The molecule has 20 heavy (non-hydrogen) atoms. The molecule has 0 amide bonds. The van der Waals surface area contributed by atoms with E-state index in [1.165, 1.54) is 0 Å². The van der Waals surface area contributed by atoms with Crippen LogP contribution < -0.4 is 15.2 Å². The molecule has 0 aliphatic carbocycles. The number of aromatic nitrogens is 2. The molecule has 0 radical (unpaired) electrons. The molecule has 0 aliphatic rings. The van der Waals surface area contributed by atoms with Gasteiger partial charge in [0, 0.05) is 13.1 Å². The second-order valence-corrected chi connectivity index (χ2v) is 4.70. The Labute approximate surface area is 119 Å². The van der Waals surface area contributed by atoms with E-state index in [1.807, 2.05) is 42.9 Å². The number of hydrogen-bond acceptors (Lipinski definition) is 4. The molecule has 1 aromatic heterocycles. The van der Waals surface area contributed by atoms with Crippen molar-refractivity contribution >= 4 is 0 Å². The van der Waals surface area contributed by atoms with E-state index in [4.69, 9.17) is 15.2 Å². The van der Waals surface area contributed by atoms with E-state index in [0.29, 0.717) is 13.2 Å².